The van der Waals surface area contributed by atoms with Crippen molar-refractivity contribution in [3.05, 3.63) is 89.7 Å². The summed E-state index contributed by atoms with van der Waals surface area (Å²) in [6.07, 6.45) is 3.28. The molecule has 0 radical (unpaired) electrons. The van der Waals surface area contributed by atoms with E-state index in [0.717, 1.165) is 17.0 Å². The standard InChI is InChI=1S/C22H23N3O2/c1-16(17-8-4-3-5-9-17)25-20-12-19(13-23-15-20)22(26)24-14-18-10-6-7-11-21(18)27-2/h3-13,15-16,25H,14H2,1-2H3,(H,24,26). The Bertz CT molecular complexity index is 897. The predicted octanol–water partition coefficient (Wildman–Crippen LogP) is 4.19. The number of amides is 1. The first-order chi connectivity index (χ1) is 13.2. The maximum atomic E-state index is 12.5. The second-order valence-corrected chi connectivity index (χ2v) is 6.23. The van der Waals surface area contributed by atoms with Gasteiger partial charge in [0.1, 0.15) is 5.75 Å². The van der Waals surface area contributed by atoms with Crippen LogP contribution in [0.2, 0.25) is 0 Å². The maximum absolute atomic E-state index is 12.5. The second-order valence-electron chi connectivity index (χ2n) is 6.23. The molecule has 27 heavy (non-hydrogen) atoms. The van der Waals surface area contributed by atoms with Crippen LogP contribution in [0.5, 0.6) is 5.75 Å². The van der Waals surface area contributed by atoms with Crippen LogP contribution in [-0.2, 0) is 6.54 Å². The minimum Gasteiger partial charge on any atom is -0.496 e. The van der Waals surface area contributed by atoms with Crippen LogP contribution >= 0.6 is 0 Å². The first kappa shape index (κ1) is 18.5. The van der Waals surface area contributed by atoms with E-state index in [1.54, 1.807) is 19.5 Å². The van der Waals surface area contributed by atoms with Gasteiger partial charge in [0.2, 0.25) is 0 Å². The average Bonchev–Trinajstić information content (AvgIpc) is 2.73. The maximum Gasteiger partial charge on any atom is 0.253 e. The molecular formula is C22H23N3O2. The number of hydrogen-bond acceptors (Lipinski definition) is 4. The number of ether oxygens (including phenoxy) is 1. The summed E-state index contributed by atoms with van der Waals surface area (Å²) in [4.78, 5) is 16.7. The van der Waals surface area contributed by atoms with Gasteiger partial charge in [-0.25, -0.2) is 0 Å². The fraction of sp³-hybridized carbons (Fsp3) is 0.182. The van der Waals surface area contributed by atoms with Crippen LogP contribution in [0.15, 0.2) is 73.1 Å². The van der Waals surface area contributed by atoms with Gasteiger partial charge in [-0.1, -0.05) is 48.5 Å². The summed E-state index contributed by atoms with van der Waals surface area (Å²) in [7, 11) is 1.62. The molecule has 3 rings (SSSR count). The summed E-state index contributed by atoms with van der Waals surface area (Å²) in [5.74, 6) is 0.576. The van der Waals surface area contributed by atoms with E-state index in [1.165, 1.54) is 5.56 Å². The summed E-state index contributed by atoms with van der Waals surface area (Å²) >= 11 is 0. The zero-order valence-corrected chi connectivity index (χ0v) is 15.5. The second kappa shape index (κ2) is 8.85. The third-order valence-corrected chi connectivity index (χ3v) is 4.32. The molecule has 0 aliphatic rings. The number of carbonyl (C=O) groups is 1. The molecule has 0 saturated carbocycles. The van der Waals surface area contributed by atoms with Gasteiger partial charge < -0.3 is 15.4 Å². The lowest BCUT2D eigenvalue weighted by Gasteiger charge is -2.16. The molecule has 0 aliphatic carbocycles. The van der Waals surface area contributed by atoms with Crippen molar-refractivity contribution in [2.75, 3.05) is 12.4 Å². The largest absolute Gasteiger partial charge is 0.496 e. The molecule has 5 nitrogen and oxygen atoms in total. The molecule has 1 amide bonds. The van der Waals surface area contributed by atoms with Gasteiger partial charge in [-0.3, -0.25) is 9.78 Å². The van der Waals surface area contributed by atoms with Crippen LogP contribution in [0.3, 0.4) is 0 Å². The highest BCUT2D eigenvalue weighted by Gasteiger charge is 2.10. The summed E-state index contributed by atoms with van der Waals surface area (Å²) in [5.41, 5.74) is 3.41. The van der Waals surface area contributed by atoms with Gasteiger partial charge in [0.25, 0.3) is 5.91 Å². The minimum atomic E-state index is -0.176. The average molecular weight is 361 g/mol. The monoisotopic (exact) mass is 361 g/mol. The topological polar surface area (TPSA) is 63.2 Å². The number of benzene rings is 2. The van der Waals surface area contributed by atoms with Gasteiger partial charge in [-0.2, -0.15) is 0 Å². The molecule has 0 fully saturated rings. The Kier molecular flexibility index (Phi) is 6.05. The summed E-state index contributed by atoms with van der Waals surface area (Å²) in [5, 5.41) is 6.30. The Morgan fingerprint density at radius 2 is 1.81 bits per heavy atom. The molecule has 3 aromatic rings. The third-order valence-electron chi connectivity index (χ3n) is 4.32. The fourth-order valence-electron chi connectivity index (χ4n) is 2.84. The number of aromatic nitrogens is 1. The number of methoxy groups -OCH3 is 1. The van der Waals surface area contributed by atoms with Gasteiger partial charge in [0, 0.05) is 30.5 Å². The number of nitrogens with zero attached hydrogens (tertiary/aromatic N) is 1. The highest BCUT2D eigenvalue weighted by molar-refractivity contribution is 5.94. The van der Waals surface area contributed by atoms with Crippen molar-refractivity contribution in [1.29, 1.82) is 0 Å². The lowest BCUT2D eigenvalue weighted by atomic mass is 10.1. The quantitative estimate of drug-likeness (QED) is 0.662. The smallest absolute Gasteiger partial charge is 0.253 e. The molecule has 0 bridgehead atoms. The normalized spacial score (nSPS) is 11.5. The fourth-order valence-corrected chi connectivity index (χ4v) is 2.84. The molecular weight excluding hydrogens is 338 g/mol. The van der Waals surface area contributed by atoms with Gasteiger partial charge in [0.15, 0.2) is 0 Å². The number of pyridine rings is 1. The Labute approximate surface area is 159 Å². The summed E-state index contributed by atoms with van der Waals surface area (Å²) < 4.78 is 5.31. The van der Waals surface area contributed by atoms with E-state index in [0.29, 0.717) is 12.1 Å². The van der Waals surface area contributed by atoms with E-state index in [-0.39, 0.29) is 11.9 Å². The van der Waals surface area contributed by atoms with E-state index in [4.69, 9.17) is 4.74 Å². The van der Waals surface area contributed by atoms with Crippen LogP contribution in [0.25, 0.3) is 0 Å². The Hall–Kier alpha value is -3.34. The highest BCUT2D eigenvalue weighted by atomic mass is 16.5. The predicted molar refractivity (Wildman–Crippen MR) is 107 cm³/mol. The van der Waals surface area contributed by atoms with E-state index in [1.807, 2.05) is 48.5 Å². The van der Waals surface area contributed by atoms with Gasteiger partial charge in [-0.15, -0.1) is 0 Å². The van der Waals surface area contributed by atoms with Crippen LogP contribution < -0.4 is 15.4 Å². The zero-order valence-electron chi connectivity index (χ0n) is 15.5. The number of hydrogen-bond donors (Lipinski definition) is 2. The van der Waals surface area contributed by atoms with Crippen molar-refractivity contribution in [2.45, 2.75) is 19.5 Å². The first-order valence-corrected chi connectivity index (χ1v) is 8.84. The SMILES string of the molecule is COc1ccccc1CNC(=O)c1cncc(NC(C)c2ccccc2)c1. The summed E-state index contributed by atoms with van der Waals surface area (Å²) in [6.45, 7) is 2.46. The zero-order chi connectivity index (χ0) is 19.1. The summed E-state index contributed by atoms with van der Waals surface area (Å²) in [6, 6.07) is 19.7. The van der Waals surface area contributed by atoms with Gasteiger partial charge in [0.05, 0.1) is 18.4 Å². The molecule has 1 aromatic heterocycles. The van der Waals surface area contributed by atoms with E-state index < -0.39 is 0 Å². The van der Waals surface area contributed by atoms with E-state index >= 15 is 0 Å². The van der Waals surface area contributed by atoms with Crippen molar-refractivity contribution >= 4 is 11.6 Å². The van der Waals surface area contributed by atoms with Crippen LogP contribution in [0, 0.1) is 0 Å². The number of carbonyl (C=O) groups excluding carboxylic acids is 1. The van der Waals surface area contributed by atoms with Gasteiger partial charge >= 0.3 is 0 Å². The number of para-hydroxylation sites is 1. The molecule has 5 heteroatoms. The number of nitrogens with one attached hydrogen (secondary N) is 2. The first-order valence-electron chi connectivity index (χ1n) is 8.84. The van der Waals surface area contributed by atoms with E-state index in [9.17, 15) is 4.79 Å². The molecule has 1 heterocycles. The Morgan fingerprint density at radius 3 is 2.59 bits per heavy atom. The highest BCUT2D eigenvalue weighted by Crippen LogP contribution is 2.20. The van der Waals surface area contributed by atoms with E-state index in [2.05, 4.69) is 34.7 Å². The van der Waals surface area contributed by atoms with Crippen molar-refractivity contribution in [3.63, 3.8) is 0 Å². The number of anilines is 1. The molecule has 0 spiro atoms. The minimum absolute atomic E-state index is 0.111. The van der Waals surface area contributed by atoms with Crippen molar-refractivity contribution in [2.24, 2.45) is 0 Å². The van der Waals surface area contributed by atoms with Crippen LogP contribution in [0.1, 0.15) is 34.5 Å². The molecule has 138 valence electrons. The Balaban J connectivity index is 1.65. The molecule has 2 N–H and O–H groups in total. The molecule has 2 aromatic carbocycles. The number of rotatable bonds is 7. The van der Waals surface area contributed by atoms with Crippen molar-refractivity contribution < 1.29 is 9.53 Å². The molecule has 0 saturated heterocycles. The third kappa shape index (κ3) is 4.85. The molecule has 1 atom stereocenters. The molecule has 0 aliphatic heterocycles. The van der Waals surface area contributed by atoms with Crippen LogP contribution in [0.4, 0.5) is 5.69 Å². The van der Waals surface area contributed by atoms with Gasteiger partial charge in [-0.05, 0) is 24.6 Å². The Morgan fingerprint density at radius 1 is 1.07 bits per heavy atom. The lowest BCUT2D eigenvalue weighted by molar-refractivity contribution is 0.0950. The van der Waals surface area contributed by atoms with Crippen LogP contribution in [-0.4, -0.2) is 18.0 Å². The van der Waals surface area contributed by atoms with Crippen molar-refractivity contribution in [1.82, 2.24) is 10.3 Å². The molecule has 1 unspecified atom stereocenters. The van der Waals surface area contributed by atoms with Crippen molar-refractivity contribution in [3.8, 4) is 5.75 Å². The lowest BCUT2D eigenvalue weighted by Crippen LogP contribution is -2.23.